The maximum atomic E-state index is 6.08. The van der Waals surface area contributed by atoms with Gasteiger partial charge in [0.05, 0.1) is 0 Å². The molecule has 0 aromatic heterocycles. The summed E-state index contributed by atoms with van der Waals surface area (Å²) in [6.07, 6.45) is 3.06. The fourth-order valence-electron chi connectivity index (χ4n) is 2.46. The Labute approximate surface area is 137 Å². The molecule has 0 aliphatic rings. The Bertz CT molecular complexity index is 521. The van der Waals surface area contributed by atoms with Crippen LogP contribution >= 0.6 is 23.2 Å². The van der Waals surface area contributed by atoms with Crippen LogP contribution in [0.25, 0.3) is 0 Å². The minimum Gasteiger partial charge on any atom is -0.313 e. The summed E-state index contributed by atoms with van der Waals surface area (Å²) < 4.78 is 0. The molecule has 21 heavy (non-hydrogen) atoms. The minimum absolute atomic E-state index is 0.391. The Balaban J connectivity index is 2.06. The highest BCUT2D eigenvalue weighted by atomic mass is 35.5. The molecule has 0 unspecified atom stereocenters. The molecule has 0 aliphatic carbocycles. The summed E-state index contributed by atoms with van der Waals surface area (Å²) in [7, 11) is 0. The van der Waals surface area contributed by atoms with Gasteiger partial charge in [0.2, 0.25) is 0 Å². The number of hydrogen-bond donors (Lipinski definition) is 1. The van der Waals surface area contributed by atoms with Gasteiger partial charge in [0.25, 0.3) is 0 Å². The molecule has 2 rings (SSSR count). The van der Waals surface area contributed by atoms with Crippen LogP contribution in [0.3, 0.4) is 0 Å². The van der Waals surface area contributed by atoms with E-state index in [1.165, 1.54) is 11.1 Å². The van der Waals surface area contributed by atoms with Crippen LogP contribution in [0.5, 0.6) is 0 Å². The molecule has 0 bridgehead atoms. The molecule has 2 aromatic carbocycles. The van der Waals surface area contributed by atoms with Crippen molar-refractivity contribution in [2.75, 3.05) is 6.54 Å². The average Bonchev–Trinajstić information content (AvgIpc) is 2.45. The van der Waals surface area contributed by atoms with Crippen molar-refractivity contribution in [1.82, 2.24) is 5.32 Å². The highest BCUT2D eigenvalue weighted by molar-refractivity contribution is 6.30. The zero-order valence-corrected chi connectivity index (χ0v) is 13.8. The van der Waals surface area contributed by atoms with Gasteiger partial charge in [0.15, 0.2) is 0 Å². The van der Waals surface area contributed by atoms with Crippen LogP contribution in [0.1, 0.15) is 24.5 Å². The van der Waals surface area contributed by atoms with E-state index in [4.69, 9.17) is 23.2 Å². The van der Waals surface area contributed by atoms with Crippen LogP contribution in [0.2, 0.25) is 10.0 Å². The van der Waals surface area contributed by atoms with E-state index in [1.54, 1.807) is 0 Å². The molecule has 0 amide bonds. The molecular formula is C18H21Cl2N. The van der Waals surface area contributed by atoms with E-state index >= 15 is 0 Å². The molecule has 2 aromatic rings. The second kappa shape index (κ2) is 8.43. The fourth-order valence-corrected chi connectivity index (χ4v) is 2.89. The second-order valence-electron chi connectivity index (χ2n) is 5.32. The third kappa shape index (κ3) is 5.70. The van der Waals surface area contributed by atoms with Gasteiger partial charge in [-0.3, -0.25) is 0 Å². The monoisotopic (exact) mass is 321 g/mol. The largest absolute Gasteiger partial charge is 0.313 e. The lowest BCUT2D eigenvalue weighted by Crippen LogP contribution is -2.33. The van der Waals surface area contributed by atoms with E-state index in [9.17, 15) is 0 Å². The van der Waals surface area contributed by atoms with Crippen LogP contribution in [-0.2, 0) is 12.8 Å². The lowest BCUT2D eigenvalue weighted by Gasteiger charge is -2.19. The predicted octanol–water partition coefficient (Wildman–Crippen LogP) is 5.15. The summed E-state index contributed by atoms with van der Waals surface area (Å²) in [5.41, 5.74) is 2.52. The van der Waals surface area contributed by atoms with Gasteiger partial charge < -0.3 is 5.32 Å². The number of benzene rings is 2. The first kappa shape index (κ1) is 16.4. The average molecular weight is 322 g/mol. The van der Waals surface area contributed by atoms with Crippen molar-refractivity contribution in [2.24, 2.45) is 0 Å². The maximum absolute atomic E-state index is 6.08. The van der Waals surface area contributed by atoms with Crippen molar-refractivity contribution >= 4 is 23.2 Å². The molecule has 0 saturated carbocycles. The first-order valence-electron chi connectivity index (χ1n) is 7.39. The zero-order valence-electron chi connectivity index (χ0n) is 12.3. The summed E-state index contributed by atoms with van der Waals surface area (Å²) >= 11 is 12.2. The van der Waals surface area contributed by atoms with Crippen molar-refractivity contribution in [2.45, 2.75) is 32.2 Å². The Morgan fingerprint density at radius 1 is 0.905 bits per heavy atom. The molecule has 3 heteroatoms. The molecule has 112 valence electrons. The van der Waals surface area contributed by atoms with Crippen LogP contribution in [0.15, 0.2) is 48.5 Å². The van der Waals surface area contributed by atoms with E-state index in [0.717, 1.165) is 35.9 Å². The SMILES string of the molecule is CCCNC(Cc1cccc(Cl)c1)Cc1cccc(Cl)c1. The Hall–Kier alpha value is -1.02. The molecule has 1 nitrogen and oxygen atoms in total. The summed E-state index contributed by atoms with van der Waals surface area (Å²) in [6.45, 7) is 3.20. The fraction of sp³-hybridized carbons (Fsp3) is 0.333. The number of rotatable bonds is 7. The van der Waals surface area contributed by atoms with Gasteiger partial charge in [-0.2, -0.15) is 0 Å². The van der Waals surface area contributed by atoms with Crippen molar-refractivity contribution in [3.8, 4) is 0 Å². The third-order valence-corrected chi connectivity index (χ3v) is 3.90. The molecule has 0 aliphatic heterocycles. The molecule has 0 fully saturated rings. The summed E-state index contributed by atoms with van der Waals surface area (Å²) in [4.78, 5) is 0. The normalized spacial score (nSPS) is 11.0. The van der Waals surface area contributed by atoms with Gasteiger partial charge in [-0.15, -0.1) is 0 Å². The molecule has 0 spiro atoms. The van der Waals surface area contributed by atoms with Crippen molar-refractivity contribution in [3.05, 3.63) is 69.7 Å². The van der Waals surface area contributed by atoms with Gasteiger partial charge in [-0.25, -0.2) is 0 Å². The van der Waals surface area contributed by atoms with Crippen LogP contribution in [0.4, 0.5) is 0 Å². The first-order chi connectivity index (χ1) is 10.2. The standard InChI is InChI=1S/C18H21Cl2N/c1-2-9-21-18(12-14-5-3-7-16(19)10-14)13-15-6-4-8-17(20)11-15/h3-8,10-11,18,21H,2,9,12-13H2,1H3. The van der Waals surface area contributed by atoms with Crippen LogP contribution in [-0.4, -0.2) is 12.6 Å². The second-order valence-corrected chi connectivity index (χ2v) is 6.19. The minimum atomic E-state index is 0.391. The van der Waals surface area contributed by atoms with E-state index in [1.807, 2.05) is 36.4 Å². The molecule has 0 saturated heterocycles. The highest BCUT2D eigenvalue weighted by Gasteiger charge is 2.10. The molecule has 1 N–H and O–H groups in total. The first-order valence-corrected chi connectivity index (χ1v) is 8.15. The van der Waals surface area contributed by atoms with Gasteiger partial charge in [-0.05, 0) is 61.2 Å². The van der Waals surface area contributed by atoms with Gasteiger partial charge in [0, 0.05) is 16.1 Å². The summed E-state index contributed by atoms with van der Waals surface area (Å²) in [6, 6.07) is 16.6. The van der Waals surface area contributed by atoms with Crippen molar-refractivity contribution in [3.63, 3.8) is 0 Å². The van der Waals surface area contributed by atoms with Crippen molar-refractivity contribution in [1.29, 1.82) is 0 Å². The Kier molecular flexibility index (Phi) is 6.56. The van der Waals surface area contributed by atoms with Crippen LogP contribution < -0.4 is 5.32 Å². The number of hydrogen-bond acceptors (Lipinski definition) is 1. The number of nitrogens with one attached hydrogen (secondary N) is 1. The predicted molar refractivity (Wildman–Crippen MR) is 92.4 cm³/mol. The lowest BCUT2D eigenvalue weighted by molar-refractivity contribution is 0.505. The Morgan fingerprint density at radius 3 is 1.86 bits per heavy atom. The van der Waals surface area contributed by atoms with E-state index in [0.29, 0.717) is 6.04 Å². The van der Waals surface area contributed by atoms with E-state index in [2.05, 4.69) is 24.4 Å². The zero-order chi connectivity index (χ0) is 15.1. The lowest BCUT2D eigenvalue weighted by atomic mass is 9.99. The molecule has 0 heterocycles. The topological polar surface area (TPSA) is 12.0 Å². The quantitative estimate of drug-likeness (QED) is 0.743. The maximum Gasteiger partial charge on any atom is 0.0408 e. The van der Waals surface area contributed by atoms with E-state index in [-0.39, 0.29) is 0 Å². The van der Waals surface area contributed by atoms with Crippen LogP contribution in [0, 0.1) is 0 Å². The van der Waals surface area contributed by atoms with Gasteiger partial charge in [-0.1, -0.05) is 54.4 Å². The molecule has 0 atom stereocenters. The molecule has 0 radical (unpaired) electrons. The smallest absolute Gasteiger partial charge is 0.0408 e. The highest BCUT2D eigenvalue weighted by Crippen LogP contribution is 2.16. The van der Waals surface area contributed by atoms with E-state index < -0.39 is 0 Å². The molecular weight excluding hydrogens is 301 g/mol. The third-order valence-electron chi connectivity index (χ3n) is 3.43. The van der Waals surface area contributed by atoms with Gasteiger partial charge in [0.1, 0.15) is 0 Å². The summed E-state index contributed by atoms with van der Waals surface area (Å²) in [5.74, 6) is 0. The Morgan fingerprint density at radius 2 is 1.43 bits per heavy atom. The van der Waals surface area contributed by atoms with Crippen molar-refractivity contribution < 1.29 is 0 Å². The summed E-state index contributed by atoms with van der Waals surface area (Å²) in [5, 5.41) is 5.21. The van der Waals surface area contributed by atoms with Gasteiger partial charge >= 0.3 is 0 Å². The number of halogens is 2.